The fourth-order valence-corrected chi connectivity index (χ4v) is 4.15. The summed E-state index contributed by atoms with van der Waals surface area (Å²) in [7, 11) is -4.34. The normalized spacial score (nSPS) is 26.2. The molecule has 0 aliphatic heterocycles. The van der Waals surface area contributed by atoms with E-state index >= 15 is 0 Å². The van der Waals surface area contributed by atoms with Crippen LogP contribution in [-0.4, -0.2) is 35.1 Å². The van der Waals surface area contributed by atoms with Crippen LogP contribution in [0.4, 0.5) is 5.69 Å². The van der Waals surface area contributed by atoms with Crippen molar-refractivity contribution in [2.24, 2.45) is 4.40 Å². The fraction of sp³-hybridized carbons (Fsp3) is 0.286. The molecule has 7 nitrogen and oxygen atoms in total. The topological polar surface area (TPSA) is 107 Å². The number of hydrogen-bond donors (Lipinski definition) is 0. The number of carbonyl (C=O) groups excluding carboxylic acids is 1. The van der Waals surface area contributed by atoms with Crippen molar-refractivity contribution in [1.82, 2.24) is 0 Å². The quantitative estimate of drug-likeness (QED) is 0.419. The van der Waals surface area contributed by atoms with E-state index in [1.54, 1.807) is 0 Å². The molecule has 0 heterocycles. The monoisotopic (exact) mass is 424 g/mol. The second-order valence-electron chi connectivity index (χ2n) is 5.41. The van der Waals surface area contributed by atoms with Crippen molar-refractivity contribution >= 4 is 62.0 Å². The predicted octanol–water partition coefficient (Wildman–Crippen LogP) is 3.42. The Morgan fingerprint density at radius 2 is 1.96 bits per heavy atom. The van der Waals surface area contributed by atoms with Gasteiger partial charge >= 0.3 is 0 Å². The number of ketones is 1. The molecule has 1 aromatic carbocycles. The van der Waals surface area contributed by atoms with E-state index in [9.17, 15) is 23.3 Å². The number of benzene rings is 1. The summed E-state index contributed by atoms with van der Waals surface area (Å²) in [5, 5.41) is 9.30. The largest absolute Gasteiger partial charge is 0.291 e. The third-order valence-electron chi connectivity index (χ3n) is 3.62. The number of alkyl halides is 2. The van der Waals surface area contributed by atoms with Gasteiger partial charge in [0.1, 0.15) is 10.3 Å². The van der Waals surface area contributed by atoms with E-state index < -0.39 is 41.6 Å². The van der Waals surface area contributed by atoms with Crippen molar-refractivity contribution < 1.29 is 18.1 Å². The molecule has 1 aromatic rings. The van der Waals surface area contributed by atoms with Gasteiger partial charge in [0.2, 0.25) is 0 Å². The van der Waals surface area contributed by atoms with Crippen LogP contribution < -0.4 is 0 Å². The number of nitro groups is 1. The van der Waals surface area contributed by atoms with Crippen LogP contribution in [0.5, 0.6) is 0 Å². The third kappa shape index (κ3) is 3.57. The maximum absolute atomic E-state index is 12.5. The highest BCUT2D eigenvalue weighted by molar-refractivity contribution is 7.90. The number of rotatable bonds is 3. The van der Waals surface area contributed by atoms with E-state index in [1.165, 1.54) is 19.9 Å². The van der Waals surface area contributed by atoms with Gasteiger partial charge in [-0.3, -0.25) is 14.9 Å². The van der Waals surface area contributed by atoms with Gasteiger partial charge < -0.3 is 0 Å². The lowest BCUT2D eigenvalue weighted by Gasteiger charge is -2.32. The van der Waals surface area contributed by atoms with Crippen LogP contribution in [0.3, 0.4) is 0 Å². The van der Waals surface area contributed by atoms with Gasteiger partial charge in [-0.1, -0.05) is 17.7 Å². The van der Waals surface area contributed by atoms with Crippen molar-refractivity contribution in [3.63, 3.8) is 0 Å². The van der Waals surface area contributed by atoms with Crippen molar-refractivity contribution in [3.05, 3.63) is 45.0 Å². The zero-order chi connectivity index (χ0) is 19.2. The minimum atomic E-state index is -4.34. The first-order valence-electron chi connectivity index (χ1n) is 6.73. The van der Waals surface area contributed by atoms with E-state index in [1.807, 2.05) is 0 Å². The molecule has 134 valence electrons. The first kappa shape index (κ1) is 19.8. The molecule has 0 aromatic heterocycles. The van der Waals surface area contributed by atoms with Crippen LogP contribution in [0.1, 0.15) is 13.8 Å². The van der Waals surface area contributed by atoms with E-state index in [2.05, 4.69) is 4.40 Å². The Labute approximate surface area is 158 Å². The molecule has 0 fully saturated rings. The molecule has 1 aliphatic rings. The van der Waals surface area contributed by atoms with Gasteiger partial charge in [0.05, 0.1) is 20.6 Å². The predicted molar refractivity (Wildman–Crippen MR) is 95.2 cm³/mol. The lowest BCUT2D eigenvalue weighted by molar-refractivity contribution is -0.385. The molecule has 2 atom stereocenters. The van der Waals surface area contributed by atoms with Gasteiger partial charge in [0.25, 0.3) is 15.7 Å². The molecule has 11 heteroatoms. The van der Waals surface area contributed by atoms with Crippen LogP contribution in [0.15, 0.2) is 44.2 Å². The Bertz CT molecular complexity index is 938. The maximum Gasteiger partial charge on any atom is 0.282 e. The molecule has 2 rings (SSSR count). The molecule has 0 radical (unpaired) electrons. The van der Waals surface area contributed by atoms with E-state index in [0.717, 1.165) is 18.2 Å². The van der Waals surface area contributed by atoms with Gasteiger partial charge in [-0.2, -0.15) is 12.8 Å². The van der Waals surface area contributed by atoms with Crippen LogP contribution in [0.25, 0.3) is 0 Å². The Balaban J connectivity index is 2.63. The number of Topliss-reactive ketones (excluding diaryl/α,β-unsaturated/α-hetero) is 1. The van der Waals surface area contributed by atoms with Gasteiger partial charge in [0, 0.05) is 12.1 Å². The van der Waals surface area contributed by atoms with Crippen LogP contribution >= 0.6 is 34.8 Å². The molecular formula is C14H11Cl3N2O5S. The number of non-ortho nitro benzene ring substituents is 1. The number of halogens is 3. The summed E-state index contributed by atoms with van der Waals surface area (Å²) in [4.78, 5) is 20.1. The minimum Gasteiger partial charge on any atom is -0.291 e. The van der Waals surface area contributed by atoms with E-state index in [4.69, 9.17) is 34.8 Å². The zero-order valence-electron chi connectivity index (χ0n) is 12.9. The Morgan fingerprint density at radius 3 is 2.52 bits per heavy atom. The molecule has 25 heavy (non-hydrogen) atoms. The molecule has 0 bridgehead atoms. The smallest absolute Gasteiger partial charge is 0.282 e. The van der Waals surface area contributed by atoms with Crippen molar-refractivity contribution in [3.8, 4) is 0 Å². The summed E-state index contributed by atoms with van der Waals surface area (Å²) in [6, 6.07) is 4.39. The molecule has 0 saturated heterocycles. The number of hydrogen-bond acceptors (Lipinski definition) is 5. The average molecular weight is 426 g/mol. The summed E-state index contributed by atoms with van der Waals surface area (Å²) in [5.41, 5.74) is -0.510. The fourth-order valence-electron chi connectivity index (χ4n) is 2.11. The molecule has 2 unspecified atom stereocenters. The Morgan fingerprint density at radius 1 is 1.36 bits per heavy atom. The molecule has 0 saturated carbocycles. The number of allylic oxidation sites excluding steroid dienone is 2. The summed E-state index contributed by atoms with van der Waals surface area (Å²) in [6.45, 7) is 2.70. The summed E-state index contributed by atoms with van der Waals surface area (Å²) in [6.07, 6.45) is 0. The van der Waals surface area contributed by atoms with Gasteiger partial charge in [-0.05, 0) is 25.5 Å². The van der Waals surface area contributed by atoms with Gasteiger partial charge in [0.15, 0.2) is 5.78 Å². The van der Waals surface area contributed by atoms with Crippen LogP contribution in [-0.2, 0) is 14.8 Å². The zero-order valence-corrected chi connectivity index (χ0v) is 15.9. The Kier molecular flexibility index (Phi) is 5.30. The molecule has 1 aliphatic carbocycles. The minimum absolute atomic E-state index is 0.0822. The van der Waals surface area contributed by atoms with Crippen molar-refractivity contribution in [1.29, 1.82) is 0 Å². The lowest BCUT2D eigenvalue weighted by Crippen LogP contribution is -2.48. The molecule has 0 N–H and O–H groups in total. The second kappa shape index (κ2) is 6.68. The second-order valence-corrected chi connectivity index (χ2v) is 8.62. The highest BCUT2D eigenvalue weighted by Gasteiger charge is 2.48. The van der Waals surface area contributed by atoms with Crippen LogP contribution in [0.2, 0.25) is 0 Å². The highest BCUT2D eigenvalue weighted by atomic mass is 35.5. The molecule has 0 amide bonds. The average Bonchev–Trinajstić information content (AvgIpc) is 2.56. The van der Waals surface area contributed by atoms with Crippen LogP contribution in [0, 0.1) is 10.1 Å². The lowest BCUT2D eigenvalue weighted by atomic mass is 9.87. The third-order valence-corrected chi connectivity index (χ3v) is 6.50. The Hall–Kier alpha value is -1.48. The first-order valence-corrected chi connectivity index (χ1v) is 9.36. The number of nitro benzene ring substituents is 1. The number of carbonyl (C=O) groups is 1. The maximum atomic E-state index is 12.5. The highest BCUT2D eigenvalue weighted by Crippen LogP contribution is 2.38. The summed E-state index contributed by atoms with van der Waals surface area (Å²) >= 11 is 18.2. The standard InChI is InChI=1S/C14H11Cl3N2O5S/c1-7-10(15)13(20)14(2,17)12(16)11(7)18-25(23,24)9-5-3-4-8(6-9)19(21)22/h3-6,12H,1-2H3/b18-11-. The summed E-state index contributed by atoms with van der Waals surface area (Å²) in [5.74, 6) is -0.639. The number of nitrogens with zero attached hydrogens (tertiary/aromatic N) is 2. The number of sulfonamides is 1. The summed E-state index contributed by atoms with van der Waals surface area (Å²) < 4.78 is 28.6. The van der Waals surface area contributed by atoms with Gasteiger partial charge in [-0.25, -0.2) is 0 Å². The van der Waals surface area contributed by atoms with E-state index in [0.29, 0.717) is 0 Å². The molecule has 0 spiro atoms. The van der Waals surface area contributed by atoms with Gasteiger partial charge in [-0.15, -0.1) is 23.2 Å². The first-order chi connectivity index (χ1) is 11.4. The molecular weight excluding hydrogens is 415 g/mol. The van der Waals surface area contributed by atoms with Crippen molar-refractivity contribution in [2.45, 2.75) is 29.0 Å². The van der Waals surface area contributed by atoms with Crippen molar-refractivity contribution in [2.75, 3.05) is 0 Å². The SMILES string of the molecule is CC1=C(Cl)C(=O)C(C)(Cl)C(Cl)/C1=N\S(=O)(=O)c1cccc([N+](=O)[O-])c1. The van der Waals surface area contributed by atoms with E-state index in [-0.39, 0.29) is 16.3 Å².